The normalized spacial score (nSPS) is 12.1. The average Bonchev–Trinajstić information content (AvgIpc) is 2.76. The first kappa shape index (κ1) is 18.9. The van der Waals surface area contributed by atoms with Gasteiger partial charge in [0.05, 0.1) is 25.3 Å². The summed E-state index contributed by atoms with van der Waals surface area (Å²) in [7, 11) is 1.57. The van der Waals surface area contributed by atoms with Crippen molar-refractivity contribution in [3.63, 3.8) is 0 Å². The van der Waals surface area contributed by atoms with E-state index in [4.69, 9.17) is 4.74 Å². The zero-order chi connectivity index (χ0) is 20.4. The summed E-state index contributed by atoms with van der Waals surface area (Å²) in [5.41, 5.74) is 2.73. The summed E-state index contributed by atoms with van der Waals surface area (Å²) in [6.45, 7) is 0.0448. The Morgan fingerprint density at radius 1 is 1.00 bits per heavy atom. The topological polar surface area (TPSA) is 51.5 Å². The molecule has 29 heavy (non-hydrogen) atoms. The van der Waals surface area contributed by atoms with Crippen LogP contribution in [-0.2, 0) is 6.54 Å². The van der Waals surface area contributed by atoms with Crippen LogP contribution in [0.4, 0.5) is 4.39 Å². The second-order valence-corrected chi connectivity index (χ2v) is 6.82. The van der Waals surface area contributed by atoms with E-state index in [0.717, 1.165) is 16.5 Å². The molecule has 0 amide bonds. The molecule has 0 aliphatic carbocycles. The number of aliphatic hydroxyl groups is 1. The maximum Gasteiger partial charge on any atom is 0.251 e. The molecule has 0 aliphatic heterocycles. The molecule has 0 saturated carbocycles. The van der Waals surface area contributed by atoms with Crippen molar-refractivity contribution in [2.45, 2.75) is 12.6 Å². The molecule has 0 saturated heterocycles. The third-order valence-corrected chi connectivity index (χ3v) is 5.01. The predicted octanol–water partition coefficient (Wildman–Crippen LogP) is 4.55. The predicted molar refractivity (Wildman–Crippen MR) is 112 cm³/mol. The molecule has 0 radical (unpaired) electrons. The van der Waals surface area contributed by atoms with Crippen molar-refractivity contribution in [1.29, 1.82) is 0 Å². The summed E-state index contributed by atoms with van der Waals surface area (Å²) < 4.78 is 20.1. The lowest BCUT2D eigenvalue weighted by atomic mass is 10.0. The zero-order valence-corrected chi connectivity index (χ0v) is 15.9. The number of aliphatic hydroxyl groups excluding tert-OH is 1. The van der Waals surface area contributed by atoms with Gasteiger partial charge in [0.25, 0.3) is 5.56 Å². The van der Waals surface area contributed by atoms with Crippen LogP contribution in [0.3, 0.4) is 0 Å². The Morgan fingerprint density at radius 3 is 2.41 bits per heavy atom. The molecular formula is C24H20FNO3. The van der Waals surface area contributed by atoms with Gasteiger partial charge in [-0.2, -0.15) is 0 Å². The maximum atomic E-state index is 13.2. The number of halogens is 1. The fourth-order valence-electron chi connectivity index (χ4n) is 3.50. The number of hydrogen-bond acceptors (Lipinski definition) is 3. The van der Waals surface area contributed by atoms with E-state index in [2.05, 4.69) is 0 Å². The lowest BCUT2D eigenvalue weighted by Gasteiger charge is -2.18. The zero-order valence-electron chi connectivity index (χ0n) is 15.9. The number of fused-ring (bicyclic) bond motifs is 1. The fourth-order valence-corrected chi connectivity index (χ4v) is 3.50. The van der Waals surface area contributed by atoms with Crippen molar-refractivity contribution < 1.29 is 14.2 Å². The number of rotatable bonds is 5. The van der Waals surface area contributed by atoms with Gasteiger partial charge in [0.15, 0.2) is 0 Å². The Kier molecular flexibility index (Phi) is 5.14. The molecule has 0 unspecified atom stereocenters. The molecule has 4 aromatic rings. The van der Waals surface area contributed by atoms with E-state index >= 15 is 0 Å². The van der Waals surface area contributed by atoms with Crippen molar-refractivity contribution in [2.75, 3.05) is 7.11 Å². The minimum absolute atomic E-state index is 0.0448. The van der Waals surface area contributed by atoms with Crippen LogP contribution in [0.1, 0.15) is 11.7 Å². The minimum Gasteiger partial charge on any atom is -0.497 e. The molecule has 146 valence electrons. The Morgan fingerprint density at radius 2 is 1.72 bits per heavy atom. The lowest BCUT2D eigenvalue weighted by Crippen LogP contribution is -2.23. The van der Waals surface area contributed by atoms with Gasteiger partial charge in [-0.25, -0.2) is 4.39 Å². The highest BCUT2D eigenvalue weighted by molar-refractivity contribution is 5.95. The molecule has 0 bridgehead atoms. The summed E-state index contributed by atoms with van der Waals surface area (Å²) in [4.78, 5) is 13.0. The number of methoxy groups -OCH3 is 1. The molecule has 0 fully saturated rings. The highest BCUT2D eigenvalue weighted by Crippen LogP contribution is 2.30. The third kappa shape index (κ3) is 3.77. The van der Waals surface area contributed by atoms with Crippen LogP contribution in [0, 0.1) is 5.82 Å². The van der Waals surface area contributed by atoms with E-state index in [0.29, 0.717) is 16.8 Å². The molecule has 1 atom stereocenters. The van der Waals surface area contributed by atoms with Gasteiger partial charge in [-0.15, -0.1) is 0 Å². The molecule has 1 heterocycles. The van der Waals surface area contributed by atoms with E-state index < -0.39 is 6.10 Å². The summed E-state index contributed by atoms with van der Waals surface area (Å²) in [6.07, 6.45) is -0.953. The van der Waals surface area contributed by atoms with E-state index in [9.17, 15) is 14.3 Å². The van der Waals surface area contributed by atoms with Crippen LogP contribution in [-0.4, -0.2) is 16.8 Å². The summed E-state index contributed by atoms with van der Waals surface area (Å²) in [6, 6.07) is 22.4. The number of nitrogens with zero attached hydrogens (tertiary/aromatic N) is 1. The van der Waals surface area contributed by atoms with Gasteiger partial charge in [-0.05, 0) is 41.0 Å². The highest BCUT2D eigenvalue weighted by Gasteiger charge is 2.15. The Labute approximate surface area is 167 Å². The number of aromatic nitrogens is 1. The van der Waals surface area contributed by atoms with Gasteiger partial charge in [-0.1, -0.05) is 42.5 Å². The molecule has 0 aliphatic rings. The van der Waals surface area contributed by atoms with Gasteiger partial charge in [0.2, 0.25) is 0 Å². The molecule has 0 spiro atoms. The molecular weight excluding hydrogens is 369 g/mol. The third-order valence-electron chi connectivity index (χ3n) is 5.01. The van der Waals surface area contributed by atoms with E-state index in [1.165, 1.54) is 28.8 Å². The quantitative estimate of drug-likeness (QED) is 0.545. The van der Waals surface area contributed by atoms with Gasteiger partial charge >= 0.3 is 0 Å². The van der Waals surface area contributed by atoms with Gasteiger partial charge < -0.3 is 14.4 Å². The van der Waals surface area contributed by atoms with Crippen LogP contribution in [0.5, 0.6) is 5.75 Å². The first-order chi connectivity index (χ1) is 14.1. The van der Waals surface area contributed by atoms with E-state index in [1.807, 2.05) is 42.5 Å². The van der Waals surface area contributed by atoms with Crippen LogP contribution < -0.4 is 10.3 Å². The Balaban J connectivity index is 1.86. The van der Waals surface area contributed by atoms with Crippen LogP contribution in [0.2, 0.25) is 0 Å². The summed E-state index contributed by atoms with van der Waals surface area (Å²) in [5, 5.41) is 11.5. The SMILES string of the molecule is COc1ccc2c(-c3ccccc3)cc(=O)n(C[C@@H](O)c3ccc(F)cc3)c2c1. The largest absolute Gasteiger partial charge is 0.497 e. The molecule has 4 rings (SSSR count). The molecule has 4 nitrogen and oxygen atoms in total. The van der Waals surface area contributed by atoms with Gasteiger partial charge in [0.1, 0.15) is 11.6 Å². The van der Waals surface area contributed by atoms with Gasteiger partial charge in [0, 0.05) is 17.5 Å². The second kappa shape index (κ2) is 7.89. The van der Waals surface area contributed by atoms with Crippen molar-refractivity contribution in [3.8, 4) is 16.9 Å². The minimum atomic E-state index is -0.953. The van der Waals surface area contributed by atoms with Crippen molar-refractivity contribution >= 4 is 10.9 Å². The fraction of sp³-hybridized carbons (Fsp3) is 0.125. The van der Waals surface area contributed by atoms with Crippen LogP contribution in [0.25, 0.3) is 22.0 Å². The Bertz CT molecular complexity index is 1200. The molecule has 1 N–H and O–H groups in total. The number of ether oxygens (including phenoxy) is 1. The summed E-state index contributed by atoms with van der Waals surface area (Å²) in [5.74, 6) is 0.243. The lowest BCUT2D eigenvalue weighted by molar-refractivity contribution is 0.156. The molecule has 5 heteroatoms. The second-order valence-electron chi connectivity index (χ2n) is 6.82. The van der Waals surface area contributed by atoms with Crippen LogP contribution >= 0.6 is 0 Å². The van der Waals surface area contributed by atoms with Crippen LogP contribution in [0.15, 0.2) is 83.7 Å². The average molecular weight is 389 g/mol. The van der Waals surface area contributed by atoms with Crippen molar-refractivity contribution in [3.05, 3.63) is 101 Å². The smallest absolute Gasteiger partial charge is 0.251 e. The maximum absolute atomic E-state index is 13.2. The first-order valence-electron chi connectivity index (χ1n) is 9.27. The molecule has 3 aromatic carbocycles. The van der Waals surface area contributed by atoms with Crippen molar-refractivity contribution in [1.82, 2.24) is 4.57 Å². The van der Waals surface area contributed by atoms with Gasteiger partial charge in [-0.3, -0.25) is 4.79 Å². The standard InChI is InChI=1S/C24H20FNO3/c1-29-19-11-12-20-21(16-5-3-2-4-6-16)14-24(28)26(22(20)13-19)15-23(27)17-7-9-18(25)10-8-17/h2-14,23,27H,15H2,1H3/t23-/m1/s1. The number of pyridine rings is 1. The Hall–Kier alpha value is -3.44. The monoisotopic (exact) mass is 389 g/mol. The van der Waals surface area contributed by atoms with E-state index in [1.54, 1.807) is 19.2 Å². The number of benzene rings is 3. The summed E-state index contributed by atoms with van der Waals surface area (Å²) >= 11 is 0. The first-order valence-corrected chi connectivity index (χ1v) is 9.27. The molecule has 1 aromatic heterocycles. The van der Waals surface area contributed by atoms with E-state index in [-0.39, 0.29) is 17.9 Å². The highest BCUT2D eigenvalue weighted by atomic mass is 19.1. The number of hydrogen-bond donors (Lipinski definition) is 1. The van der Waals surface area contributed by atoms with Crippen molar-refractivity contribution in [2.24, 2.45) is 0 Å².